The van der Waals surface area contributed by atoms with Crippen LogP contribution in [0.5, 0.6) is 0 Å². The Labute approximate surface area is 185 Å². The summed E-state index contributed by atoms with van der Waals surface area (Å²) in [6.45, 7) is 0. The minimum Gasteiger partial charge on any atom is -0.478 e. The van der Waals surface area contributed by atoms with Crippen LogP contribution in [0.25, 0.3) is 17.4 Å². The van der Waals surface area contributed by atoms with Crippen LogP contribution < -0.4 is 5.32 Å². The van der Waals surface area contributed by atoms with Gasteiger partial charge in [0, 0.05) is 11.6 Å². The monoisotopic (exact) mass is 458 g/mol. The van der Waals surface area contributed by atoms with Crippen molar-refractivity contribution in [1.82, 2.24) is 5.32 Å². The number of halogens is 2. The van der Waals surface area contributed by atoms with Crippen molar-refractivity contribution in [3.63, 3.8) is 0 Å². The normalized spacial score (nSPS) is 16.3. The lowest BCUT2D eigenvalue weighted by Crippen LogP contribution is -2.19. The number of amides is 1. The number of carbonyl (C=O) groups excluding carboxylic acids is 1. The minimum atomic E-state index is -1.02. The zero-order chi connectivity index (χ0) is 21.3. The quantitative estimate of drug-likeness (QED) is 0.478. The molecule has 2 heterocycles. The van der Waals surface area contributed by atoms with Gasteiger partial charge in [0.2, 0.25) is 0 Å². The molecule has 1 saturated heterocycles. The van der Waals surface area contributed by atoms with Crippen molar-refractivity contribution >= 4 is 63.8 Å². The Morgan fingerprint density at radius 1 is 1.13 bits per heavy atom. The fourth-order valence-electron chi connectivity index (χ4n) is 2.69. The second-order valence-corrected chi connectivity index (χ2v) is 7.96. The van der Waals surface area contributed by atoms with Crippen molar-refractivity contribution in [3.8, 4) is 11.3 Å². The average Bonchev–Trinajstić information content (AvgIpc) is 3.32. The van der Waals surface area contributed by atoms with Gasteiger partial charge in [0.05, 0.1) is 26.2 Å². The molecule has 1 aliphatic heterocycles. The molecule has 0 aliphatic carbocycles. The Morgan fingerprint density at radius 3 is 2.73 bits per heavy atom. The molecule has 1 fully saturated rings. The van der Waals surface area contributed by atoms with E-state index in [2.05, 4.69) is 10.3 Å². The third-order valence-electron chi connectivity index (χ3n) is 4.10. The molecule has 0 bridgehead atoms. The number of hydrogen-bond donors (Lipinski definition) is 2. The summed E-state index contributed by atoms with van der Waals surface area (Å²) in [7, 11) is 0. The fraction of sp³-hybridized carbons (Fsp3) is 0. The molecule has 1 aromatic heterocycles. The van der Waals surface area contributed by atoms with Crippen LogP contribution in [0.4, 0.5) is 5.69 Å². The SMILES string of the molecule is O=C1NC(=Nc2cccc(Cl)c2Cl)S/C1=C/c1ccc(-c2cccc(C(=O)O)c2)o1. The van der Waals surface area contributed by atoms with E-state index in [-0.39, 0.29) is 11.5 Å². The highest BCUT2D eigenvalue weighted by atomic mass is 35.5. The van der Waals surface area contributed by atoms with Crippen molar-refractivity contribution in [3.05, 3.63) is 80.9 Å². The Morgan fingerprint density at radius 2 is 1.93 bits per heavy atom. The molecule has 0 saturated carbocycles. The first-order chi connectivity index (χ1) is 14.4. The third kappa shape index (κ3) is 4.28. The molecule has 2 aromatic carbocycles. The first kappa shape index (κ1) is 20.3. The summed E-state index contributed by atoms with van der Waals surface area (Å²) in [5, 5.41) is 12.9. The molecule has 0 atom stereocenters. The standard InChI is InChI=1S/C21H12Cl2N2O4S/c22-14-5-2-6-15(18(14)23)24-21-25-19(26)17(30-21)10-13-7-8-16(29-13)11-3-1-4-12(9-11)20(27)28/h1-10H,(H,27,28)(H,24,25,26)/b17-10+. The summed E-state index contributed by atoms with van der Waals surface area (Å²) in [6.07, 6.45) is 1.59. The number of carbonyl (C=O) groups is 2. The third-order valence-corrected chi connectivity index (χ3v) is 5.82. The van der Waals surface area contributed by atoms with E-state index in [0.29, 0.717) is 42.9 Å². The fourth-order valence-corrected chi connectivity index (χ4v) is 3.84. The molecule has 4 rings (SSSR count). The molecule has 30 heavy (non-hydrogen) atoms. The lowest BCUT2D eigenvalue weighted by atomic mass is 10.1. The van der Waals surface area contributed by atoms with Gasteiger partial charge in [-0.15, -0.1) is 0 Å². The van der Waals surface area contributed by atoms with Crippen LogP contribution in [0.15, 0.2) is 68.9 Å². The molecule has 1 aliphatic rings. The Hall–Kier alpha value is -3.00. The smallest absolute Gasteiger partial charge is 0.335 e. The van der Waals surface area contributed by atoms with Crippen LogP contribution in [-0.2, 0) is 4.79 Å². The first-order valence-corrected chi connectivity index (χ1v) is 10.1. The number of amidine groups is 1. The topological polar surface area (TPSA) is 91.9 Å². The number of rotatable bonds is 4. The second-order valence-electron chi connectivity index (χ2n) is 6.14. The molecule has 6 nitrogen and oxygen atoms in total. The molecule has 9 heteroatoms. The minimum absolute atomic E-state index is 0.162. The molecule has 0 spiro atoms. The van der Waals surface area contributed by atoms with Gasteiger partial charge >= 0.3 is 5.97 Å². The van der Waals surface area contributed by atoms with Gasteiger partial charge in [-0.2, -0.15) is 0 Å². The van der Waals surface area contributed by atoms with Crippen molar-refractivity contribution in [2.24, 2.45) is 4.99 Å². The predicted molar refractivity (Wildman–Crippen MR) is 118 cm³/mol. The zero-order valence-corrected chi connectivity index (χ0v) is 17.4. The average molecular weight is 459 g/mol. The van der Waals surface area contributed by atoms with Gasteiger partial charge in [0.15, 0.2) is 5.17 Å². The number of benzene rings is 2. The van der Waals surface area contributed by atoms with Crippen molar-refractivity contribution in [1.29, 1.82) is 0 Å². The highest BCUT2D eigenvalue weighted by Crippen LogP contribution is 2.35. The zero-order valence-electron chi connectivity index (χ0n) is 15.1. The molecule has 150 valence electrons. The molecule has 2 N–H and O–H groups in total. The van der Waals surface area contributed by atoms with E-state index < -0.39 is 5.97 Å². The number of aliphatic imine (C=N–C) groups is 1. The highest BCUT2D eigenvalue weighted by Gasteiger charge is 2.24. The van der Waals surface area contributed by atoms with Crippen molar-refractivity contribution < 1.29 is 19.1 Å². The number of carboxylic acids is 1. The number of aromatic carboxylic acids is 1. The lowest BCUT2D eigenvalue weighted by molar-refractivity contribution is -0.115. The van der Waals surface area contributed by atoms with Crippen molar-refractivity contribution in [2.75, 3.05) is 0 Å². The molecule has 1 amide bonds. The van der Waals surface area contributed by atoms with E-state index in [1.807, 2.05) is 0 Å². The van der Waals surface area contributed by atoms with E-state index >= 15 is 0 Å². The molecular weight excluding hydrogens is 447 g/mol. The van der Waals surface area contributed by atoms with Gasteiger partial charge in [0.1, 0.15) is 11.5 Å². The number of carboxylic acid groups (broad SMARTS) is 1. The van der Waals surface area contributed by atoms with Crippen LogP contribution in [0.1, 0.15) is 16.1 Å². The highest BCUT2D eigenvalue weighted by molar-refractivity contribution is 8.18. The molecule has 0 radical (unpaired) electrons. The maximum absolute atomic E-state index is 12.3. The van der Waals surface area contributed by atoms with E-state index in [9.17, 15) is 9.59 Å². The maximum Gasteiger partial charge on any atom is 0.335 e. The largest absolute Gasteiger partial charge is 0.478 e. The summed E-state index contributed by atoms with van der Waals surface area (Å²) in [5.41, 5.74) is 1.24. The number of thioether (sulfide) groups is 1. The lowest BCUT2D eigenvalue weighted by Gasteiger charge is -2.00. The van der Waals surface area contributed by atoms with Crippen LogP contribution in [0.2, 0.25) is 10.0 Å². The summed E-state index contributed by atoms with van der Waals surface area (Å²) >= 11 is 13.3. The molecular formula is C21H12Cl2N2O4S. The van der Waals surface area contributed by atoms with E-state index in [1.165, 1.54) is 12.1 Å². The van der Waals surface area contributed by atoms with Crippen LogP contribution in [-0.4, -0.2) is 22.2 Å². The number of hydrogen-bond acceptors (Lipinski definition) is 5. The Bertz CT molecular complexity index is 1230. The number of nitrogens with one attached hydrogen (secondary N) is 1. The maximum atomic E-state index is 12.3. The first-order valence-electron chi connectivity index (χ1n) is 8.58. The second kappa shape index (κ2) is 8.39. The molecule has 3 aromatic rings. The Kier molecular flexibility index (Phi) is 5.67. The van der Waals surface area contributed by atoms with Gasteiger partial charge in [-0.3, -0.25) is 4.79 Å². The van der Waals surface area contributed by atoms with E-state index in [0.717, 1.165) is 11.8 Å². The number of nitrogens with zero attached hydrogens (tertiary/aromatic N) is 1. The van der Waals surface area contributed by atoms with Crippen LogP contribution in [0.3, 0.4) is 0 Å². The molecule has 0 unspecified atom stereocenters. The summed E-state index contributed by atoms with van der Waals surface area (Å²) in [6, 6.07) is 14.9. The predicted octanol–water partition coefficient (Wildman–Crippen LogP) is 5.84. The van der Waals surface area contributed by atoms with E-state index in [4.69, 9.17) is 32.7 Å². The summed E-state index contributed by atoms with van der Waals surface area (Å²) in [5.74, 6) is -0.391. The summed E-state index contributed by atoms with van der Waals surface area (Å²) < 4.78 is 5.76. The summed E-state index contributed by atoms with van der Waals surface area (Å²) in [4.78, 5) is 28.2. The van der Waals surface area contributed by atoms with Gasteiger partial charge in [-0.05, 0) is 48.2 Å². The van der Waals surface area contributed by atoms with Crippen LogP contribution in [0, 0.1) is 0 Å². The number of furan rings is 1. The Balaban J connectivity index is 1.57. The van der Waals surface area contributed by atoms with Gasteiger partial charge in [0.25, 0.3) is 5.91 Å². The van der Waals surface area contributed by atoms with E-state index in [1.54, 1.807) is 48.5 Å². The van der Waals surface area contributed by atoms with Crippen LogP contribution >= 0.6 is 35.0 Å². The van der Waals surface area contributed by atoms with Gasteiger partial charge in [-0.1, -0.05) is 41.4 Å². The van der Waals surface area contributed by atoms with Crippen molar-refractivity contribution in [2.45, 2.75) is 0 Å². The van der Waals surface area contributed by atoms with Gasteiger partial charge in [-0.25, -0.2) is 9.79 Å². The van der Waals surface area contributed by atoms with Gasteiger partial charge < -0.3 is 14.8 Å².